The molecule has 86 valence electrons. The number of carboxylic acids is 1. The fraction of sp³-hybridized carbons (Fsp3) is 0.462. The number of aryl methyl sites for hydroxylation is 1. The maximum absolute atomic E-state index is 11.2. The monoisotopic (exact) mass is 282 g/mol. The summed E-state index contributed by atoms with van der Waals surface area (Å²) in [5, 5.41) is 9.24. The summed E-state index contributed by atoms with van der Waals surface area (Å²) in [6.07, 6.45) is 1.58. The van der Waals surface area contributed by atoms with Gasteiger partial charge in [0.15, 0.2) is 0 Å². The smallest absolute Gasteiger partial charge is 0.307 e. The zero-order valence-corrected chi connectivity index (χ0v) is 11.0. The lowest BCUT2D eigenvalue weighted by Crippen LogP contribution is -2.38. The fourth-order valence-electron chi connectivity index (χ4n) is 2.68. The van der Waals surface area contributed by atoms with E-state index in [1.807, 2.05) is 19.9 Å². The Balaban J connectivity index is 2.50. The van der Waals surface area contributed by atoms with Crippen LogP contribution in [0.4, 0.5) is 0 Å². The van der Waals surface area contributed by atoms with Crippen LogP contribution in [0, 0.1) is 5.92 Å². The van der Waals surface area contributed by atoms with Gasteiger partial charge in [-0.3, -0.25) is 4.79 Å². The Kier molecular flexibility index (Phi) is 2.82. The minimum Gasteiger partial charge on any atom is -0.481 e. The molecule has 0 saturated carbocycles. The molecule has 1 aromatic carbocycles. The highest BCUT2D eigenvalue weighted by atomic mass is 79.9. The van der Waals surface area contributed by atoms with E-state index in [1.165, 1.54) is 11.1 Å². The second-order valence-electron chi connectivity index (χ2n) is 4.95. The van der Waals surface area contributed by atoms with Gasteiger partial charge in [-0.1, -0.05) is 35.8 Å². The highest BCUT2D eigenvalue weighted by Gasteiger charge is 2.40. The molecular formula is C13H15BrO2. The van der Waals surface area contributed by atoms with E-state index in [0.29, 0.717) is 0 Å². The number of benzene rings is 1. The van der Waals surface area contributed by atoms with Gasteiger partial charge >= 0.3 is 5.97 Å². The van der Waals surface area contributed by atoms with E-state index < -0.39 is 5.97 Å². The highest BCUT2D eigenvalue weighted by molar-refractivity contribution is 9.10. The molecule has 0 spiro atoms. The molecule has 1 aliphatic carbocycles. The Morgan fingerprint density at radius 1 is 1.50 bits per heavy atom. The van der Waals surface area contributed by atoms with Crippen molar-refractivity contribution in [2.24, 2.45) is 5.92 Å². The standard InChI is InChI=1S/C13H15BrO2/c1-13(2)10-6-4-9(14)7-8(10)3-5-11(13)12(15)16/h4,6-7,11H,3,5H2,1-2H3,(H,15,16). The third-order valence-corrected chi connectivity index (χ3v) is 4.13. The van der Waals surface area contributed by atoms with Crippen molar-refractivity contribution in [1.29, 1.82) is 0 Å². The third-order valence-electron chi connectivity index (χ3n) is 3.63. The summed E-state index contributed by atoms with van der Waals surface area (Å²) >= 11 is 3.46. The second kappa shape index (κ2) is 3.88. The van der Waals surface area contributed by atoms with Crippen molar-refractivity contribution in [2.75, 3.05) is 0 Å². The molecule has 0 aliphatic heterocycles. The quantitative estimate of drug-likeness (QED) is 0.858. The van der Waals surface area contributed by atoms with E-state index in [0.717, 1.165) is 17.3 Å². The number of fused-ring (bicyclic) bond motifs is 1. The predicted molar refractivity (Wildman–Crippen MR) is 66.6 cm³/mol. The molecule has 1 aliphatic rings. The summed E-state index contributed by atoms with van der Waals surface area (Å²) in [5.74, 6) is -0.959. The first-order valence-corrected chi connectivity index (χ1v) is 6.24. The van der Waals surface area contributed by atoms with Gasteiger partial charge in [0.2, 0.25) is 0 Å². The number of carbonyl (C=O) groups is 1. The van der Waals surface area contributed by atoms with Crippen molar-refractivity contribution >= 4 is 21.9 Å². The van der Waals surface area contributed by atoms with Crippen LogP contribution in [-0.4, -0.2) is 11.1 Å². The topological polar surface area (TPSA) is 37.3 Å². The van der Waals surface area contributed by atoms with Crippen LogP contribution >= 0.6 is 15.9 Å². The third kappa shape index (κ3) is 1.77. The van der Waals surface area contributed by atoms with E-state index in [4.69, 9.17) is 0 Å². The second-order valence-corrected chi connectivity index (χ2v) is 5.87. The molecule has 0 bridgehead atoms. The van der Waals surface area contributed by atoms with Crippen molar-refractivity contribution in [3.63, 3.8) is 0 Å². The number of hydrogen-bond acceptors (Lipinski definition) is 1. The summed E-state index contributed by atoms with van der Waals surface area (Å²) in [7, 11) is 0. The minimum absolute atomic E-state index is 0.277. The molecule has 0 aromatic heterocycles. The molecule has 0 fully saturated rings. The zero-order chi connectivity index (χ0) is 11.9. The van der Waals surface area contributed by atoms with E-state index in [2.05, 4.69) is 28.1 Å². The molecule has 3 heteroatoms. The van der Waals surface area contributed by atoms with E-state index >= 15 is 0 Å². The van der Waals surface area contributed by atoms with Gasteiger partial charge < -0.3 is 5.11 Å². The number of aliphatic carboxylic acids is 1. The van der Waals surface area contributed by atoms with Gasteiger partial charge in [-0.05, 0) is 36.1 Å². The largest absolute Gasteiger partial charge is 0.481 e. The summed E-state index contributed by atoms with van der Waals surface area (Å²) in [4.78, 5) is 11.2. The Morgan fingerprint density at radius 2 is 2.19 bits per heavy atom. The van der Waals surface area contributed by atoms with Crippen LogP contribution in [0.1, 0.15) is 31.4 Å². The Hall–Kier alpha value is -0.830. The first-order chi connectivity index (χ1) is 7.43. The highest BCUT2D eigenvalue weighted by Crippen LogP contribution is 2.42. The van der Waals surface area contributed by atoms with E-state index in [9.17, 15) is 9.90 Å². The first-order valence-electron chi connectivity index (χ1n) is 5.44. The van der Waals surface area contributed by atoms with Crippen LogP contribution in [0.5, 0.6) is 0 Å². The van der Waals surface area contributed by atoms with E-state index in [1.54, 1.807) is 0 Å². The van der Waals surface area contributed by atoms with Crippen molar-refractivity contribution in [2.45, 2.75) is 32.1 Å². The van der Waals surface area contributed by atoms with Crippen LogP contribution in [-0.2, 0) is 16.6 Å². The SMILES string of the molecule is CC1(C)c2ccc(Br)cc2CCC1C(=O)O. The maximum atomic E-state index is 11.2. The fourth-order valence-corrected chi connectivity index (χ4v) is 3.09. The Morgan fingerprint density at radius 3 is 2.81 bits per heavy atom. The van der Waals surface area contributed by atoms with Gasteiger partial charge in [0.1, 0.15) is 0 Å². The molecular weight excluding hydrogens is 268 g/mol. The Labute approximate surface area is 104 Å². The summed E-state index contributed by atoms with van der Waals surface area (Å²) in [6, 6.07) is 6.15. The Bertz CT molecular complexity index is 438. The van der Waals surface area contributed by atoms with Gasteiger partial charge in [-0.15, -0.1) is 0 Å². The molecule has 0 radical (unpaired) electrons. The van der Waals surface area contributed by atoms with Crippen LogP contribution < -0.4 is 0 Å². The van der Waals surface area contributed by atoms with Crippen LogP contribution in [0.3, 0.4) is 0 Å². The normalized spacial score (nSPS) is 22.6. The number of rotatable bonds is 1. The summed E-state index contributed by atoms with van der Waals surface area (Å²) in [6.45, 7) is 4.05. The van der Waals surface area contributed by atoms with Gasteiger partial charge in [0.25, 0.3) is 0 Å². The maximum Gasteiger partial charge on any atom is 0.307 e. The van der Waals surface area contributed by atoms with Crippen molar-refractivity contribution in [3.05, 3.63) is 33.8 Å². The average molecular weight is 283 g/mol. The van der Waals surface area contributed by atoms with Gasteiger partial charge in [-0.2, -0.15) is 0 Å². The molecule has 0 amide bonds. The lowest BCUT2D eigenvalue weighted by Gasteiger charge is -2.38. The lowest BCUT2D eigenvalue weighted by atomic mass is 9.65. The number of hydrogen-bond donors (Lipinski definition) is 1. The van der Waals surface area contributed by atoms with Crippen LogP contribution in [0.15, 0.2) is 22.7 Å². The summed E-state index contributed by atoms with van der Waals surface area (Å²) in [5.41, 5.74) is 2.17. The molecule has 1 unspecified atom stereocenters. The molecule has 1 aromatic rings. The predicted octanol–water partition coefficient (Wildman–Crippen LogP) is 3.37. The van der Waals surface area contributed by atoms with Crippen molar-refractivity contribution < 1.29 is 9.90 Å². The molecule has 2 rings (SSSR count). The van der Waals surface area contributed by atoms with Crippen molar-refractivity contribution in [1.82, 2.24) is 0 Å². The summed E-state index contributed by atoms with van der Waals surface area (Å²) < 4.78 is 1.07. The van der Waals surface area contributed by atoms with Crippen LogP contribution in [0.25, 0.3) is 0 Å². The molecule has 1 N–H and O–H groups in total. The molecule has 2 nitrogen and oxygen atoms in total. The van der Waals surface area contributed by atoms with Crippen molar-refractivity contribution in [3.8, 4) is 0 Å². The lowest BCUT2D eigenvalue weighted by molar-refractivity contribution is -0.144. The average Bonchev–Trinajstić information content (AvgIpc) is 2.15. The number of halogens is 1. The molecule has 0 heterocycles. The van der Waals surface area contributed by atoms with E-state index in [-0.39, 0.29) is 11.3 Å². The van der Waals surface area contributed by atoms with Gasteiger partial charge in [-0.25, -0.2) is 0 Å². The molecule has 0 saturated heterocycles. The minimum atomic E-state index is -0.682. The molecule has 1 atom stereocenters. The first kappa shape index (κ1) is 11.6. The van der Waals surface area contributed by atoms with Gasteiger partial charge in [0.05, 0.1) is 5.92 Å². The van der Waals surface area contributed by atoms with Gasteiger partial charge in [0, 0.05) is 9.89 Å². The van der Waals surface area contributed by atoms with Crippen LogP contribution in [0.2, 0.25) is 0 Å². The zero-order valence-electron chi connectivity index (χ0n) is 9.46. The number of carboxylic acid groups (broad SMARTS) is 1. The molecule has 16 heavy (non-hydrogen) atoms.